The zero-order chi connectivity index (χ0) is 11.8. The minimum Gasteiger partial charge on any atom is -0.383 e. The molecule has 15 heavy (non-hydrogen) atoms. The third-order valence-electron chi connectivity index (χ3n) is 2.59. The third-order valence-corrected chi connectivity index (χ3v) is 2.59. The lowest BCUT2D eigenvalue weighted by atomic mass is 10.1. The van der Waals surface area contributed by atoms with Crippen LogP contribution in [0.25, 0.3) is 0 Å². The highest BCUT2D eigenvalue weighted by molar-refractivity contribution is 5.81. The first-order chi connectivity index (χ1) is 7.08. The Balaban J connectivity index is 4.47. The van der Waals surface area contributed by atoms with E-state index in [1.807, 2.05) is 4.90 Å². The molecule has 0 saturated heterocycles. The summed E-state index contributed by atoms with van der Waals surface area (Å²) in [5, 5.41) is 0. The van der Waals surface area contributed by atoms with E-state index in [0.29, 0.717) is 13.2 Å². The summed E-state index contributed by atoms with van der Waals surface area (Å²) >= 11 is 0. The summed E-state index contributed by atoms with van der Waals surface area (Å²) in [5.74, 6) is 0.0146. The lowest BCUT2D eigenvalue weighted by Gasteiger charge is -2.31. The Bertz CT molecular complexity index is 179. The predicted octanol–water partition coefficient (Wildman–Crippen LogP) is 0.997. The number of carbonyl (C=O) groups excluding carboxylic acids is 1. The predicted molar refractivity (Wildman–Crippen MR) is 61.6 cm³/mol. The van der Waals surface area contributed by atoms with Crippen LogP contribution in [-0.4, -0.2) is 43.2 Å². The average Bonchev–Trinajstić information content (AvgIpc) is 2.23. The monoisotopic (exact) mass is 216 g/mol. The summed E-state index contributed by atoms with van der Waals surface area (Å²) in [6.45, 7) is 7.09. The van der Waals surface area contributed by atoms with Crippen LogP contribution in [0.4, 0.5) is 0 Å². The van der Waals surface area contributed by atoms with Gasteiger partial charge in [0, 0.05) is 19.7 Å². The Morgan fingerprint density at radius 2 is 1.93 bits per heavy atom. The molecule has 0 aromatic heterocycles. The first-order valence-corrected chi connectivity index (χ1v) is 5.63. The summed E-state index contributed by atoms with van der Waals surface area (Å²) in [5.41, 5.74) is 5.62. The first-order valence-electron chi connectivity index (χ1n) is 5.63. The van der Waals surface area contributed by atoms with Crippen molar-refractivity contribution in [1.82, 2.24) is 4.90 Å². The van der Waals surface area contributed by atoms with Crippen LogP contribution in [-0.2, 0) is 9.53 Å². The van der Waals surface area contributed by atoms with Crippen molar-refractivity contribution < 1.29 is 9.53 Å². The molecule has 1 amide bonds. The van der Waals surface area contributed by atoms with Gasteiger partial charge in [-0.15, -0.1) is 0 Å². The van der Waals surface area contributed by atoms with E-state index in [1.54, 1.807) is 14.0 Å². The maximum absolute atomic E-state index is 11.9. The zero-order valence-electron chi connectivity index (χ0n) is 10.3. The van der Waals surface area contributed by atoms with E-state index in [4.69, 9.17) is 10.5 Å². The van der Waals surface area contributed by atoms with Crippen LogP contribution in [0.1, 0.15) is 33.6 Å². The smallest absolute Gasteiger partial charge is 0.239 e. The molecule has 0 radical (unpaired) electrons. The average molecular weight is 216 g/mol. The van der Waals surface area contributed by atoms with E-state index in [9.17, 15) is 4.79 Å². The molecule has 90 valence electrons. The van der Waals surface area contributed by atoms with E-state index in [2.05, 4.69) is 13.8 Å². The van der Waals surface area contributed by atoms with Crippen molar-refractivity contribution in [3.8, 4) is 0 Å². The maximum atomic E-state index is 11.9. The molecule has 0 heterocycles. The highest BCUT2D eigenvalue weighted by Crippen LogP contribution is 2.09. The molecule has 0 saturated carbocycles. The SMILES string of the molecule is CCC(CC)N(CCOC)C(=O)C(C)N. The number of nitrogens with zero attached hydrogens (tertiary/aromatic N) is 1. The normalized spacial score (nSPS) is 12.9. The molecule has 0 aromatic carbocycles. The van der Waals surface area contributed by atoms with Gasteiger partial charge in [-0.3, -0.25) is 4.79 Å². The van der Waals surface area contributed by atoms with Crippen molar-refractivity contribution in [2.45, 2.75) is 45.7 Å². The molecule has 0 bridgehead atoms. The Morgan fingerprint density at radius 3 is 2.27 bits per heavy atom. The molecule has 0 aliphatic heterocycles. The van der Waals surface area contributed by atoms with Gasteiger partial charge in [-0.05, 0) is 19.8 Å². The minimum absolute atomic E-state index is 0.0146. The fourth-order valence-electron chi connectivity index (χ4n) is 1.65. The van der Waals surface area contributed by atoms with Gasteiger partial charge in [-0.2, -0.15) is 0 Å². The Hall–Kier alpha value is -0.610. The van der Waals surface area contributed by atoms with E-state index in [1.165, 1.54) is 0 Å². The van der Waals surface area contributed by atoms with Gasteiger partial charge in [-0.25, -0.2) is 0 Å². The molecule has 0 fully saturated rings. The molecular weight excluding hydrogens is 192 g/mol. The summed E-state index contributed by atoms with van der Waals surface area (Å²) < 4.78 is 5.01. The molecule has 0 aliphatic rings. The molecule has 2 N–H and O–H groups in total. The standard InChI is InChI=1S/C11H24N2O2/c1-5-10(6-2)13(7-8-15-4)11(14)9(3)12/h9-10H,5-8,12H2,1-4H3. The highest BCUT2D eigenvalue weighted by atomic mass is 16.5. The van der Waals surface area contributed by atoms with E-state index < -0.39 is 6.04 Å². The first kappa shape index (κ1) is 14.4. The second-order valence-corrected chi connectivity index (χ2v) is 3.78. The number of rotatable bonds is 7. The quantitative estimate of drug-likeness (QED) is 0.690. The number of carbonyl (C=O) groups is 1. The van der Waals surface area contributed by atoms with Crippen LogP contribution >= 0.6 is 0 Å². The lowest BCUT2D eigenvalue weighted by molar-refractivity contribution is -0.135. The second-order valence-electron chi connectivity index (χ2n) is 3.78. The van der Waals surface area contributed by atoms with Gasteiger partial charge in [-0.1, -0.05) is 13.8 Å². The van der Waals surface area contributed by atoms with Crippen molar-refractivity contribution >= 4 is 5.91 Å². The summed E-state index contributed by atoms with van der Waals surface area (Å²) in [4.78, 5) is 13.7. The molecule has 0 aromatic rings. The summed E-state index contributed by atoms with van der Waals surface area (Å²) in [6, 6.07) is -0.152. The number of nitrogens with two attached hydrogens (primary N) is 1. The molecule has 4 nitrogen and oxygen atoms in total. The van der Waals surface area contributed by atoms with E-state index >= 15 is 0 Å². The lowest BCUT2D eigenvalue weighted by Crippen LogP contribution is -2.48. The summed E-state index contributed by atoms with van der Waals surface area (Å²) in [7, 11) is 1.64. The van der Waals surface area contributed by atoms with Gasteiger partial charge in [0.25, 0.3) is 0 Å². The number of ether oxygens (including phenoxy) is 1. The van der Waals surface area contributed by atoms with Crippen LogP contribution in [0.3, 0.4) is 0 Å². The molecule has 0 spiro atoms. The Morgan fingerprint density at radius 1 is 1.40 bits per heavy atom. The van der Waals surface area contributed by atoms with Crippen molar-refractivity contribution in [3.63, 3.8) is 0 Å². The topological polar surface area (TPSA) is 55.6 Å². The van der Waals surface area contributed by atoms with Crippen molar-refractivity contribution in [2.75, 3.05) is 20.3 Å². The van der Waals surface area contributed by atoms with Gasteiger partial charge in [0.05, 0.1) is 12.6 Å². The number of hydrogen-bond acceptors (Lipinski definition) is 3. The molecule has 0 aliphatic carbocycles. The van der Waals surface area contributed by atoms with Crippen LogP contribution in [0, 0.1) is 0 Å². The molecule has 1 atom stereocenters. The number of hydrogen-bond donors (Lipinski definition) is 1. The van der Waals surface area contributed by atoms with Crippen LogP contribution < -0.4 is 5.73 Å². The van der Waals surface area contributed by atoms with Crippen LogP contribution in [0.15, 0.2) is 0 Å². The van der Waals surface area contributed by atoms with Crippen molar-refractivity contribution in [2.24, 2.45) is 5.73 Å². The van der Waals surface area contributed by atoms with Crippen molar-refractivity contribution in [1.29, 1.82) is 0 Å². The maximum Gasteiger partial charge on any atom is 0.239 e. The second kappa shape index (κ2) is 7.65. The molecule has 0 rings (SSSR count). The fraction of sp³-hybridized carbons (Fsp3) is 0.909. The van der Waals surface area contributed by atoms with Crippen LogP contribution in [0.5, 0.6) is 0 Å². The summed E-state index contributed by atoms with van der Waals surface area (Å²) in [6.07, 6.45) is 1.91. The number of methoxy groups -OCH3 is 1. The largest absolute Gasteiger partial charge is 0.383 e. The van der Waals surface area contributed by atoms with Gasteiger partial charge < -0.3 is 15.4 Å². The van der Waals surface area contributed by atoms with Crippen LogP contribution in [0.2, 0.25) is 0 Å². The van der Waals surface area contributed by atoms with Gasteiger partial charge in [0.15, 0.2) is 0 Å². The van der Waals surface area contributed by atoms with E-state index in [0.717, 1.165) is 12.8 Å². The Kier molecular flexibility index (Phi) is 7.34. The van der Waals surface area contributed by atoms with E-state index in [-0.39, 0.29) is 11.9 Å². The molecular formula is C11H24N2O2. The highest BCUT2D eigenvalue weighted by Gasteiger charge is 2.22. The van der Waals surface area contributed by atoms with Gasteiger partial charge in [0.1, 0.15) is 0 Å². The number of amides is 1. The fourth-order valence-corrected chi connectivity index (χ4v) is 1.65. The Labute approximate surface area is 92.8 Å². The van der Waals surface area contributed by atoms with Crippen molar-refractivity contribution in [3.05, 3.63) is 0 Å². The third kappa shape index (κ3) is 4.62. The zero-order valence-corrected chi connectivity index (χ0v) is 10.3. The minimum atomic E-state index is -0.428. The molecule has 4 heteroatoms. The molecule has 1 unspecified atom stereocenters. The van der Waals surface area contributed by atoms with Gasteiger partial charge >= 0.3 is 0 Å². The van der Waals surface area contributed by atoms with Gasteiger partial charge in [0.2, 0.25) is 5.91 Å².